The van der Waals surface area contributed by atoms with Gasteiger partial charge in [0, 0.05) is 35.3 Å². The van der Waals surface area contributed by atoms with Crippen LogP contribution in [-0.2, 0) is 4.74 Å². The van der Waals surface area contributed by atoms with Crippen molar-refractivity contribution < 1.29 is 9.53 Å². The molecule has 126 valence electrons. The first-order valence-corrected chi connectivity index (χ1v) is 9.04. The minimum Gasteiger partial charge on any atom is -0.381 e. The second-order valence-electron chi connectivity index (χ2n) is 6.17. The lowest BCUT2D eigenvalue weighted by Crippen LogP contribution is -2.51. The molecule has 0 atom stereocenters. The van der Waals surface area contributed by atoms with Crippen molar-refractivity contribution in [2.45, 2.75) is 31.7 Å². The number of thiazole rings is 1. The van der Waals surface area contributed by atoms with Gasteiger partial charge in [0.1, 0.15) is 0 Å². The van der Waals surface area contributed by atoms with Crippen molar-refractivity contribution in [3.05, 3.63) is 52.9 Å². The van der Waals surface area contributed by atoms with Gasteiger partial charge in [-0.2, -0.15) is 0 Å². The number of aryl methyl sites for hydroxylation is 1. The van der Waals surface area contributed by atoms with E-state index < -0.39 is 0 Å². The average Bonchev–Trinajstić information content (AvgIpc) is 3.02. The summed E-state index contributed by atoms with van der Waals surface area (Å²) in [5.41, 5.74) is 2.42. The van der Waals surface area contributed by atoms with E-state index in [1.165, 1.54) is 0 Å². The summed E-state index contributed by atoms with van der Waals surface area (Å²) >= 11 is 1.63. The number of nitrogens with zero attached hydrogens (tertiary/aromatic N) is 1. The van der Waals surface area contributed by atoms with Crippen LogP contribution >= 0.6 is 11.3 Å². The minimum atomic E-state index is -0.234. The highest BCUT2D eigenvalue weighted by atomic mass is 32.1. The van der Waals surface area contributed by atoms with Crippen molar-refractivity contribution in [3.63, 3.8) is 0 Å². The highest BCUT2D eigenvalue weighted by Gasteiger charge is 2.33. The number of hydrogen-bond donors (Lipinski definition) is 1. The van der Waals surface area contributed by atoms with Crippen LogP contribution in [0, 0.1) is 6.92 Å². The van der Waals surface area contributed by atoms with Crippen LogP contribution in [-0.4, -0.2) is 29.6 Å². The molecule has 0 spiro atoms. The molecular formula is C19H22N2O2S. The molecule has 1 saturated heterocycles. The third kappa shape index (κ3) is 3.74. The quantitative estimate of drug-likeness (QED) is 0.837. The van der Waals surface area contributed by atoms with Crippen LogP contribution in [0.4, 0.5) is 0 Å². The molecule has 1 aliphatic heterocycles. The predicted molar refractivity (Wildman–Crippen MR) is 97.4 cm³/mol. The van der Waals surface area contributed by atoms with Gasteiger partial charge in [0.2, 0.25) is 0 Å². The van der Waals surface area contributed by atoms with E-state index in [0.29, 0.717) is 18.8 Å². The molecule has 2 aromatic rings. The monoisotopic (exact) mass is 342 g/mol. The van der Waals surface area contributed by atoms with Gasteiger partial charge in [0.05, 0.1) is 10.7 Å². The number of carbonyl (C=O) groups is 1. The molecule has 0 aliphatic carbocycles. The third-order valence-corrected chi connectivity index (χ3v) is 5.20. The third-order valence-electron chi connectivity index (χ3n) is 4.43. The first kappa shape index (κ1) is 16.9. The van der Waals surface area contributed by atoms with Gasteiger partial charge in [-0.15, -0.1) is 17.9 Å². The Morgan fingerprint density at radius 1 is 1.38 bits per heavy atom. The number of aromatic nitrogens is 1. The zero-order valence-electron chi connectivity index (χ0n) is 13.9. The van der Waals surface area contributed by atoms with Gasteiger partial charge in [-0.1, -0.05) is 18.2 Å². The second kappa shape index (κ2) is 7.28. The van der Waals surface area contributed by atoms with Gasteiger partial charge >= 0.3 is 0 Å². The van der Waals surface area contributed by atoms with Crippen LogP contribution in [0.1, 0.15) is 34.6 Å². The van der Waals surface area contributed by atoms with Gasteiger partial charge in [-0.25, -0.2) is 4.98 Å². The Hall–Kier alpha value is -1.98. The van der Waals surface area contributed by atoms with Gasteiger partial charge in [0.15, 0.2) is 0 Å². The molecule has 1 N–H and O–H groups in total. The lowest BCUT2D eigenvalue weighted by atomic mass is 9.86. The Morgan fingerprint density at radius 2 is 2.08 bits per heavy atom. The molecule has 0 bridgehead atoms. The maximum absolute atomic E-state index is 12.6. The lowest BCUT2D eigenvalue weighted by Gasteiger charge is -2.37. The van der Waals surface area contributed by atoms with E-state index >= 15 is 0 Å². The van der Waals surface area contributed by atoms with Crippen LogP contribution in [0.25, 0.3) is 11.3 Å². The Kier molecular flexibility index (Phi) is 5.11. The number of carbonyl (C=O) groups excluding carboxylic acids is 1. The van der Waals surface area contributed by atoms with E-state index in [1.807, 2.05) is 42.6 Å². The summed E-state index contributed by atoms with van der Waals surface area (Å²) in [4.78, 5) is 17.1. The van der Waals surface area contributed by atoms with Crippen LogP contribution < -0.4 is 5.32 Å². The van der Waals surface area contributed by atoms with Crippen LogP contribution in [0.5, 0.6) is 0 Å². The van der Waals surface area contributed by atoms with Gasteiger partial charge in [-0.05, 0) is 38.3 Å². The van der Waals surface area contributed by atoms with Gasteiger partial charge < -0.3 is 10.1 Å². The lowest BCUT2D eigenvalue weighted by molar-refractivity contribution is 0.0369. The van der Waals surface area contributed by atoms with E-state index in [1.54, 1.807) is 11.3 Å². The summed E-state index contributed by atoms with van der Waals surface area (Å²) in [5, 5.41) is 6.28. The summed E-state index contributed by atoms with van der Waals surface area (Å²) in [6, 6.07) is 7.63. The Balaban J connectivity index is 1.73. The molecule has 1 amide bonds. The fraction of sp³-hybridized carbons (Fsp3) is 0.368. The number of amides is 1. The first-order chi connectivity index (χ1) is 11.6. The standard InChI is InChI=1S/C19H22N2O2S/c1-3-8-19(9-11-23-12-10-19)21-18(22)16-6-4-15(5-7-16)17-13-24-14(2)20-17/h3-7,13H,1,8-12H2,2H3,(H,21,22). The topological polar surface area (TPSA) is 51.2 Å². The molecule has 3 rings (SSSR count). The molecular weight excluding hydrogens is 320 g/mol. The van der Waals surface area contributed by atoms with Crippen molar-refractivity contribution in [2.75, 3.05) is 13.2 Å². The summed E-state index contributed by atoms with van der Waals surface area (Å²) in [6.07, 6.45) is 4.28. The van der Waals surface area contributed by atoms with Crippen molar-refractivity contribution in [1.82, 2.24) is 10.3 Å². The molecule has 0 saturated carbocycles. The average molecular weight is 342 g/mol. The van der Waals surface area contributed by atoms with Crippen molar-refractivity contribution in [3.8, 4) is 11.3 Å². The number of hydrogen-bond acceptors (Lipinski definition) is 4. The van der Waals surface area contributed by atoms with Crippen molar-refractivity contribution in [2.24, 2.45) is 0 Å². The van der Waals surface area contributed by atoms with Crippen molar-refractivity contribution >= 4 is 17.2 Å². The number of rotatable bonds is 5. The van der Waals surface area contributed by atoms with E-state index in [0.717, 1.165) is 35.5 Å². The maximum atomic E-state index is 12.6. The number of benzene rings is 1. The summed E-state index contributed by atoms with van der Waals surface area (Å²) in [7, 11) is 0. The molecule has 0 unspecified atom stereocenters. The Bertz CT molecular complexity index is 715. The van der Waals surface area contributed by atoms with Crippen LogP contribution in [0.15, 0.2) is 42.3 Å². The molecule has 4 nitrogen and oxygen atoms in total. The largest absolute Gasteiger partial charge is 0.381 e. The van der Waals surface area contributed by atoms with Crippen LogP contribution in [0.3, 0.4) is 0 Å². The molecule has 1 aromatic heterocycles. The molecule has 1 fully saturated rings. The minimum absolute atomic E-state index is 0.0419. The zero-order chi connectivity index (χ0) is 17.0. The molecule has 5 heteroatoms. The van der Waals surface area contributed by atoms with Gasteiger partial charge in [-0.3, -0.25) is 4.79 Å². The van der Waals surface area contributed by atoms with E-state index in [2.05, 4.69) is 16.9 Å². The van der Waals surface area contributed by atoms with Crippen molar-refractivity contribution in [1.29, 1.82) is 0 Å². The highest BCUT2D eigenvalue weighted by Crippen LogP contribution is 2.26. The maximum Gasteiger partial charge on any atom is 0.251 e. The summed E-state index contributed by atoms with van der Waals surface area (Å²) in [6.45, 7) is 7.17. The molecule has 2 heterocycles. The normalized spacial score (nSPS) is 16.5. The first-order valence-electron chi connectivity index (χ1n) is 8.16. The van der Waals surface area contributed by atoms with Crippen LogP contribution in [0.2, 0.25) is 0 Å². The molecule has 1 aromatic carbocycles. The smallest absolute Gasteiger partial charge is 0.251 e. The second-order valence-corrected chi connectivity index (χ2v) is 7.23. The summed E-state index contributed by atoms with van der Waals surface area (Å²) in [5.74, 6) is -0.0419. The predicted octanol–water partition coefficient (Wildman–Crippen LogP) is 3.97. The van der Waals surface area contributed by atoms with E-state index in [-0.39, 0.29) is 11.4 Å². The van der Waals surface area contributed by atoms with Gasteiger partial charge in [0.25, 0.3) is 5.91 Å². The molecule has 0 radical (unpaired) electrons. The van der Waals surface area contributed by atoms with E-state index in [9.17, 15) is 4.79 Å². The summed E-state index contributed by atoms with van der Waals surface area (Å²) < 4.78 is 5.43. The SMILES string of the molecule is C=CCC1(NC(=O)c2ccc(-c3csc(C)n3)cc2)CCOCC1. The Labute approximate surface area is 146 Å². The number of ether oxygens (including phenoxy) is 1. The fourth-order valence-corrected chi connectivity index (χ4v) is 3.64. The zero-order valence-corrected chi connectivity index (χ0v) is 14.7. The fourth-order valence-electron chi connectivity index (χ4n) is 3.02. The molecule has 1 aliphatic rings. The number of nitrogens with one attached hydrogen (secondary N) is 1. The highest BCUT2D eigenvalue weighted by molar-refractivity contribution is 7.09. The molecule has 24 heavy (non-hydrogen) atoms. The Morgan fingerprint density at radius 3 is 2.67 bits per heavy atom. The van der Waals surface area contributed by atoms with E-state index in [4.69, 9.17) is 4.74 Å².